The highest BCUT2D eigenvalue weighted by Gasteiger charge is 2.42. The van der Waals surface area contributed by atoms with E-state index in [1.807, 2.05) is 60.7 Å². The topological polar surface area (TPSA) is 81.8 Å². The lowest BCUT2D eigenvalue weighted by Crippen LogP contribution is -2.56. The molecule has 0 amide bonds. The molecule has 0 saturated carbocycles. The molecule has 0 saturated heterocycles. The molecule has 0 radical (unpaired) electrons. The quantitative estimate of drug-likeness (QED) is 0.410. The van der Waals surface area contributed by atoms with Crippen LogP contribution in [0.15, 0.2) is 60.7 Å². The summed E-state index contributed by atoms with van der Waals surface area (Å²) in [6.07, 6.45) is 0. The van der Waals surface area contributed by atoms with Crippen molar-refractivity contribution in [2.24, 2.45) is 5.73 Å². The first-order valence-electron chi connectivity index (χ1n) is 8.65. The Morgan fingerprint density at radius 2 is 1.28 bits per heavy atom. The summed E-state index contributed by atoms with van der Waals surface area (Å²) in [6, 6.07) is 18.8. The Bertz CT molecular complexity index is 578. The summed E-state index contributed by atoms with van der Waals surface area (Å²) in [5.41, 5.74) is 4.29. The van der Waals surface area contributed by atoms with Gasteiger partial charge in [0.1, 0.15) is 11.4 Å². The fourth-order valence-electron chi connectivity index (χ4n) is 3.10. The highest BCUT2D eigenvalue weighted by molar-refractivity contribution is 5.25. The number of hydrogen-bond donors (Lipinski definition) is 4. The highest BCUT2D eigenvalue weighted by atomic mass is 16.3. The van der Waals surface area contributed by atoms with Crippen LogP contribution >= 0.6 is 0 Å². The van der Waals surface area contributed by atoms with Crippen molar-refractivity contribution < 1.29 is 10.2 Å². The van der Waals surface area contributed by atoms with E-state index in [9.17, 15) is 10.2 Å². The van der Waals surface area contributed by atoms with Gasteiger partial charge in [0, 0.05) is 26.2 Å². The van der Waals surface area contributed by atoms with Gasteiger partial charge < -0.3 is 21.3 Å². The SMILES string of the molecule is CC(O)(c1ccccc1)N(CCNCCN)C(C)(O)c1ccccc1. The van der Waals surface area contributed by atoms with Crippen LogP contribution in [0.4, 0.5) is 0 Å². The summed E-state index contributed by atoms with van der Waals surface area (Å²) in [6.45, 7) is 5.71. The molecule has 2 rings (SSSR count). The van der Waals surface area contributed by atoms with E-state index in [1.165, 1.54) is 0 Å². The van der Waals surface area contributed by atoms with Gasteiger partial charge in [-0.3, -0.25) is 0 Å². The highest BCUT2D eigenvalue weighted by Crippen LogP contribution is 2.36. The van der Waals surface area contributed by atoms with Crippen LogP contribution in [0, 0.1) is 0 Å². The Hall–Kier alpha value is -1.76. The minimum Gasteiger partial charge on any atom is -0.372 e. The van der Waals surface area contributed by atoms with Gasteiger partial charge in [0.2, 0.25) is 0 Å². The van der Waals surface area contributed by atoms with Crippen LogP contribution in [0.25, 0.3) is 0 Å². The van der Waals surface area contributed by atoms with Crippen molar-refractivity contribution in [3.05, 3.63) is 71.8 Å². The van der Waals surface area contributed by atoms with E-state index < -0.39 is 11.4 Å². The van der Waals surface area contributed by atoms with Gasteiger partial charge in [-0.05, 0) is 25.0 Å². The molecule has 0 bridgehead atoms. The van der Waals surface area contributed by atoms with Gasteiger partial charge in [-0.2, -0.15) is 0 Å². The second-order valence-electron chi connectivity index (χ2n) is 6.46. The van der Waals surface area contributed by atoms with Crippen LogP contribution in [-0.4, -0.2) is 41.3 Å². The second-order valence-corrected chi connectivity index (χ2v) is 6.46. The van der Waals surface area contributed by atoms with Crippen LogP contribution < -0.4 is 11.1 Å². The number of benzene rings is 2. The van der Waals surface area contributed by atoms with Crippen LogP contribution in [0.5, 0.6) is 0 Å². The molecule has 5 nitrogen and oxygen atoms in total. The fraction of sp³-hybridized carbons (Fsp3) is 0.400. The minimum absolute atomic E-state index is 0.448. The van der Waals surface area contributed by atoms with Gasteiger partial charge >= 0.3 is 0 Å². The smallest absolute Gasteiger partial charge is 0.144 e. The normalized spacial score (nSPS) is 16.4. The van der Waals surface area contributed by atoms with E-state index in [2.05, 4.69) is 5.32 Å². The molecule has 5 N–H and O–H groups in total. The molecule has 5 heteroatoms. The van der Waals surface area contributed by atoms with Gasteiger partial charge in [0.05, 0.1) is 0 Å². The lowest BCUT2D eigenvalue weighted by Gasteiger charge is -2.46. The molecule has 0 spiro atoms. The van der Waals surface area contributed by atoms with E-state index in [1.54, 1.807) is 18.7 Å². The number of nitrogens with zero attached hydrogens (tertiary/aromatic N) is 1. The molecule has 0 aliphatic heterocycles. The molecule has 0 aliphatic rings. The fourth-order valence-corrected chi connectivity index (χ4v) is 3.10. The molecule has 2 unspecified atom stereocenters. The maximum atomic E-state index is 11.3. The van der Waals surface area contributed by atoms with Gasteiger partial charge in [-0.1, -0.05) is 60.7 Å². The summed E-state index contributed by atoms with van der Waals surface area (Å²) in [4.78, 5) is 1.70. The Balaban J connectivity index is 2.35. The maximum absolute atomic E-state index is 11.3. The van der Waals surface area contributed by atoms with Crippen molar-refractivity contribution in [1.82, 2.24) is 10.2 Å². The second kappa shape index (κ2) is 8.56. The number of nitrogens with two attached hydrogens (primary N) is 1. The number of nitrogens with one attached hydrogen (secondary N) is 1. The van der Waals surface area contributed by atoms with Crippen molar-refractivity contribution in [2.75, 3.05) is 26.2 Å². The lowest BCUT2D eigenvalue weighted by molar-refractivity contribution is -0.227. The van der Waals surface area contributed by atoms with Crippen LogP contribution in [-0.2, 0) is 11.4 Å². The number of rotatable bonds is 9. The van der Waals surface area contributed by atoms with Crippen molar-refractivity contribution in [2.45, 2.75) is 25.3 Å². The van der Waals surface area contributed by atoms with Crippen molar-refractivity contribution in [3.63, 3.8) is 0 Å². The largest absolute Gasteiger partial charge is 0.372 e. The van der Waals surface area contributed by atoms with Gasteiger partial charge in [-0.15, -0.1) is 0 Å². The molecule has 0 fully saturated rings. The number of aliphatic hydroxyl groups is 2. The van der Waals surface area contributed by atoms with Crippen molar-refractivity contribution in [1.29, 1.82) is 0 Å². The average molecular weight is 343 g/mol. The summed E-state index contributed by atoms with van der Waals surface area (Å²) in [7, 11) is 0. The zero-order valence-electron chi connectivity index (χ0n) is 15.0. The summed E-state index contributed by atoms with van der Waals surface area (Å²) < 4.78 is 0. The molecule has 136 valence electrons. The van der Waals surface area contributed by atoms with E-state index in [4.69, 9.17) is 5.73 Å². The molecular formula is C20H29N3O2. The summed E-state index contributed by atoms with van der Waals surface area (Å²) in [5, 5.41) is 25.8. The molecule has 0 heterocycles. The van der Waals surface area contributed by atoms with E-state index in [0.717, 1.165) is 11.1 Å². The number of hydrogen-bond acceptors (Lipinski definition) is 5. The first-order valence-corrected chi connectivity index (χ1v) is 8.65. The molecule has 25 heavy (non-hydrogen) atoms. The Labute approximate surface area is 150 Å². The minimum atomic E-state index is -1.34. The zero-order valence-corrected chi connectivity index (χ0v) is 15.0. The van der Waals surface area contributed by atoms with Gasteiger partial charge in [-0.25, -0.2) is 4.90 Å². The monoisotopic (exact) mass is 343 g/mol. The average Bonchev–Trinajstić information content (AvgIpc) is 2.62. The first-order chi connectivity index (χ1) is 11.9. The van der Waals surface area contributed by atoms with Crippen LogP contribution in [0.3, 0.4) is 0 Å². The van der Waals surface area contributed by atoms with E-state index in [0.29, 0.717) is 26.2 Å². The van der Waals surface area contributed by atoms with Crippen molar-refractivity contribution >= 4 is 0 Å². The molecule has 0 aromatic heterocycles. The zero-order chi connectivity index (χ0) is 18.3. The molecule has 2 atom stereocenters. The lowest BCUT2D eigenvalue weighted by atomic mass is 9.95. The molecular weight excluding hydrogens is 314 g/mol. The standard InChI is InChI=1S/C20H29N3O2/c1-19(24,17-9-5-3-6-10-17)23(16-15-22-14-13-21)20(2,25)18-11-7-4-8-12-18/h3-12,22,24-25H,13-16,21H2,1-2H3. The molecule has 2 aromatic carbocycles. The van der Waals surface area contributed by atoms with Crippen molar-refractivity contribution in [3.8, 4) is 0 Å². The van der Waals surface area contributed by atoms with Gasteiger partial charge in [0.15, 0.2) is 0 Å². The molecule has 2 aromatic rings. The first kappa shape index (κ1) is 19.6. The Morgan fingerprint density at radius 1 is 0.840 bits per heavy atom. The Kier molecular flexibility index (Phi) is 6.70. The van der Waals surface area contributed by atoms with Crippen LogP contribution in [0.2, 0.25) is 0 Å². The third-order valence-corrected chi connectivity index (χ3v) is 4.53. The summed E-state index contributed by atoms with van der Waals surface area (Å²) >= 11 is 0. The van der Waals surface area contributed by atoms with E-state index >= 15 is 0 Å². The van der Waals surface area contributed by atoms with Crippen LogP contribution in [0.1, 0.15) is 25.0 Å². The third-order valence-electron chi connectivity index (χ3n) is 4.53. The summed E-state index contributed by atoms with van der Waals surface area (Å²) in [5.74, 6) is 0. The third kappa shape index (κ3) is 4.66. The van der Waals surface area contributed by atoms with Gasteiger partial charge in [0.25, 0.3) is 0 Å². The predicted octanol–water partition coefficient (Wildman–Crippen LogP) is 1.57. The predicted molar refractivity (Wildman–Crippen MR) is 101 cm³/mol. The maximum Gasteiger partial charge on any atom is 0.144 e. The Morgan fingerprint density at radius 3 is 1.68 bits per heavy atom. The molecule has 0 aliphatic carbocycles. The van der Waals surface area contributed by atoms with E-state index in [-0.39, 0.29) is 0 Å².